The molecule has 114 valence electrons. The first-order valence-corrected chi connectivity index (χ1v) is 6.77. The lowest BCUT2D eigenvalue weighted by atomic mass is 9.87. The molecule has 1 aliphatic rings. The van der Waals surface area contributed by atoms with Crippen molar-refractivity contribution >= 4 is 11.8 Å². The molecular weight excluding hydrogens is 272 g/mol. The zero-order valence-corrected chi connectivity index (χ0v) is 12.5. The van der Waals surface area contributed by atoms with Gasteiger partial charge in [0.05, 0.1) is 24.3 Å². The van der Waals surface area contributed by atoms with Crippen molar-refractivity contribution in [3.05, 3.63) is 35.9 Å². The summed E-state index contributed by atoms with van der Waals surface area (Å²) < 4.78 is 11.5. The summed E-state index contributed by atoms with van der Waals surface area (Å²) >= 11 is 0. The lowest BCUT2D eigenvalue weighted by Gasteiger charge is -2.37. The fourth-order valence-corrected chi connectivity index (χ4v) is 1.89. The topological polar surface area (TPSA) is 69.2 Å². The van der Waals surface area contributed by atoms with Crippen LogP contribution in [0.5, 0.6) is 0 Å². The molecule has 1 aromatic rings. The van der Waals surface area contributed by atoms with E-state index in [0.717, 1.165) is 5.56 Å². The Morgan fingerprint density at radius 2 is 1.95 bits per heavy atom. The van der Waals surface area contributed by atoms with Crippen molar-refractivity contribution in [1.82, 2.24) is 5.32 Å². The summed E-state index contributed by atoms with van der Waals surface area (Å²) in [6.07, 6.45) is -0.968. The van der Waals surface area contributed by atoms with Crippen molar-refractivity contribution in [3.63, 3.8) is 0 Å². The Morgan fingerprint density at radius 1 is 1.33 bits per heavy atom. The van der Waals surface area contributed by atoms with Gasteiger partial charge in [0.2, 0.25) is 0 Å². The lowest BCUT2D eigenvalue weighted by Crippen LogP contribution is -2.41. The predicted octanol–water partition coefficient (Wildman–Crippen LogP) is 2.47. The summed E-state index contributed by atoms with van der Waals surface area (Å²) in [6.45, 7) is 4.64. The van der Waals surface area contributed by atoms with E-state index in [1.807, 2.05) is 37.3 Å². The number of hydrogen-bond acceptors (Lipinski definition) is 5. The van der Waals surface area contributed by atoms with Crippen molar-refractivity contribution in [2.24, 2.45) is 10.6 Å². The average Bonchev–Trinajstić information content (AvgIpc) is 2.53. The molecule has 0 bridgehead atoms. The number of nitrogens with one attached hydrogen (secondary N) is 1. The first-order valence-electron chi connectivity index (χ1n) is 6.77. The van der Waals surface area contributed by atoms with E-state index in [-0.39, 0.29) is 6.29 Å². The second-order valence-electron chi connectivity index (χ2n) is 5.23. The largest absolute Gasteiger partial charge is 0.433 e. The molecule has 0 aromatic heterocycles. The summed E-state index contributed by atoms with van der Waals surface area (Å²) in [4.78, 5) is 15.7. The molecule has 21 heavy (non-hydrogen) atoms. The fourth-order valence-electron chi connectivity index (χ4n) is 1.89. The first kappa shape index (κ1) is 15.5. The third-order valence-corrected chi connectivity index (χ3v) is 3.52. The van der Waals surface area contributed by atoms with E-state index < -0.39 is 11.5 Å². The second-order valence-corrected chi connectivity index (χ2v) is 5.23. The minimum absolute atomic E-state index is 0.369. The van der Waals surface area contributed by atoms with E-state index in [9.17, 15) is 4.79 Å². The van der Waals surface area contributed by atoms with Crippen LogP contribution in [0.2, 0.25) is 0 Å². The quantitative estimate of drug-likeness (QED) is 0.528. The molecule has 6 nitrogen and oxygen atoms in total. The molecule has 0 atom stereocenters. The molecule has 0 radical (unpaired) electrons. The van der Waals surface area contributed by atoms with Crippen LogP contribution in [-0.2, 0) is 14.3 Å². The molecule has 0 aliphatic carbocycles. The first-order chi connectivity index (χ1) is 10.0. The normalized spacial score (nSPS) is 26.2. The minimum Gasteiger partial charge on any atom is -0.347 e. The summed E-state index contributed by atoms with van der Waals surface area (Å²) in [7, 11) is 1.48. The highest BCUT2D eigenvalue weighted by molar-refractivity contribution is 5.88. The van der Waals surface area contributed by atoms with Crippen LogP contribution in [0.1, 0.15) is 25.7 Å². The molecule has 1 heterocycles. The van der Waals surface area contributed by atoms with Gasteiger partial charge in [-0.15, -0.1) is 0 Å². The van der Waals surface area contributed by atoms with Crippen LogP contribution >= 0.6 is 0 Å². The number of rotatable bonds is 3. The summed E-state index contributed by atoms with van der Waals surface area (Å²) in [5.41, 5.74) is 1.22. The van der Waals surface area contributed by atoms with Gasteiger partial charge in [-0.2, -0.15) is 0 Å². The van der Waals surface area contributed by atoms with E-state index >= 15 is 0 Å². The zero-order valence-electron chi connectivity index (χ0n) is 12.5. The summed E-state index contributed by atoms with van der Waals surface area (Å²) in [6, 6.07) is 9.76. The Balaban J connectivity index is 1.97. The van der Waals surface area contributed by atoms with Gasteiger partial charge in [0.15, 0.2) is 6.29 Å². The van der Waals surface area contributed by atoms with Gasteiger partial charge in [-0.25, -0.2) is 4.79 Å². The summed E-state index contributed by atoms with van der Waals surface area (Å²) in [5, 5.41) is 6.17. The molecule has 0 saturated carbocycles. The van der Waals surface area contributed by atoms with Crippen molar-refractivity contribution in [2.45, 2.75) is 20.1 Å². The maximum atomic E-state index is 11.0. The number of ether oxygens (including phenoxy) is 2. The highest BCUT2D eigenvalue weighted by Crippen LogP contribution is 2.32. The van der Waals surface area contributed by atoms with Crippen LogP contribution < -0.4 is 5.32 Å². The van der Waals surface area contributed by atoms with Crippen molar-refractivity contribution in [2.75, 3.05) is 20.3 Å². The van der Waals surface area contributed by atoms with E-state index in [1.54, 1.807) is 6.92 Å². The lowest BCUT2D eigenvalue weighted by molar-refractivity contribution is -0.215. The van der Waals surface area contributed by atoms with E-state index in [1.165, 1.54) is 7.05 Å². The maximum absolute atomic E-state index is 11.0. The molecule has 1 fully saturated rings. The van der Waals surface area contributed by atoms with Gasteiger partial charge in [0, 0.05) is 12.6 Å². The van der Waals surface area contributed by atoms with Gasteiger partial charge < -0.3 is 14.8 Å². The van der Waals surface area contributed by atoms with Crippen LogP contribution in [-0.4, -0.2) is 32.1 Å². The monoisotopic (exact) mass is 292 g/mol. The molecule has 1 aromatic carbocycles. The van der Waals surface area contributed by atoms with Crippen LogP contribution in [0.15, 0.2) is 35.5 Å². The molecule has 0 spiro atoms. The third-order valence-electron chi connectivity index (χ3n) is 3.52. The van der Waals surface area contributed by atoms with Gasteiger partial charge in [0.25, 0.3) is 0 Å². The SMILES string of the molecule is CNC(=O)ON=C(C)C1(C)COC(c2ccccc2)OC1. The molecule has 0 unspecified atom stereocenters. The number of carbonyl (C=O) groups excluding carboxylic acids is 1. The second kappa shape index (κ2) is 6.69. The van der Waals surface area contributed by atoms with Gasteiger partial charge in [0.1, 0.15) is 0 Å². The van der Waals surface area contributed by atoms with Crippen molar-refractivity contribution in [3.8, 4) is 0 Å². The summed E-state index contributed by atoms with van der Waals surface area (Å²) in [5.74, 6) is 0. The number of nitrogens with zero attached hydrogens (tertiary/aromatic N) is 1. The van der Waals surface area contributed by atoms with Crippen LogP contribution in [0.4, 0.5) is 4.79 Å². The van der Waals surface area contributed by atoms with Crippen LogP contribution in [0, 0.1) is 5.41 Å². The standard InChI is InChI=1S/C15H20N2O4/c1-11(17-21-14(18)16-3)15(2)9-19-13(20-10-15)12-7-5-4-6-8-12/h4-8,13H,9-10H2,1-3H3,(H,16,18). The Kier molecular flexibility index (Phi) is 4.93. The smallest absolute Gasteiger partial charge is 0.347 e. The maximum Gasteiger partial charge on any atom is 0.433 e. The third kappa shape index (κ3) is 3.80. The number of hydrogen-bond donors (Lipinski definition) is 1. The predicted molar refractivity (Wildman–Crippen MR) is 77.8 cm³/mol. The van der Waals surface area contributed by atoms with E-state index in [4.69, 9.17) is 14.3 Å². The minimum atomic E-state index is -0.599. The zero-order chi connectivity index (χ0) is 15.3. The molecule has 1 aliphatic heterocycles. The van der Waals surface area contributed by atoms with Gasteiger partial charge >= 0.3 is 6.09 Å². The van der Waals surface area contributed by atoms with Crippen LogP contribution in [0.3, 0.4) is 0 Å². The molecule has 2 rings (SSSR count). The molecule has 1 amide bonds. The number of oxime groups is 1. The van der Waals surface area contributed by atoms with Gasteiger partial charge in [-0.05, 0) is 13.8 Å². The fraction of sp³-hybridized carbons (Fsp3) is 0.467. The Morgan fingerprint density at radius 3 is 2.52 bits per heavy atom. The highest BCUT2D eigenvalue weighted by atomic mass is 16.7. The number of amides is 1. The Labute approximate surface area is 124 Å². The van der Waals surface area contributed by atoms with E-state index in [2.05, 4.69) is 10.5 Å². The average molecular weight is 292 g/mol. The molecule has 6 heteroatoms. The number of benzene rings is 1. The van der Waals surface area contributed by atoms with Gasteiger partial charge in [-0.3, -0.25) is 4.84 Å². The van der Waals surface area contributed by atoms with Gasteiger partial charge in [-0.1, -0.05) is 35.5 Å². The van der Waals surface area contributed by atoms with Crippen LogP contribution in [0.25, 0.3) is 0 Å². The molecule has 1 saturated heterocycles. The number of carbonyl (C=O) groups is 1. The highest BCUT2D eigenvalue weighted by Gasteiger charge is 2.36. The van der Waals surface area contributed by atoms with Crippen molar-refractivity contribution < 1.29 is 19.1 Å². The van der Waals surface area contributed by atoms with Crippen molar-refractivity contribution in [1.29, 1.82) is 0 Å². The Bertz CT molecular complexity index is 508. The molecular formula is C15H20N2O4. The Hall–Kier alpha value is -1.92. The van der Waals surface area contributed by atoms with E-state index in [0.29, 0.717) is 18.9 Å². The molecule has 1 N–H and O–H groups in total.